The van der Waals surface area contributed by atoms with Gasteiger partial charge in [0.2, 0.25) is 5.91 Å². The lowest BCUT2D eigenvalue weighted by Gasteiger charge is -2.12. The van der Waals surface area contributed by atoms with Crippen LogP contribution in [0.3, 0.4) is 0 Å². The molecule has 7 heteroatoms. The largest absolute Gasteiger partial charge is 0.496 e. The monoisotopic (exact) mass is 349 g/mol. The van der Waals surface area contributed by atoms with Crippen LogP contribution in [0, 0.1) is 0 Å². The van der Waals surface area contributed by atoms with Crippen molar-refractivity contribution in [2.75, 3.05) is 20.3 Å². The lowest BCUT2D eigenvalue weighted by atomic mass is 10.2. The number of aliphatic hydroxyl groups excluding tert-OH is 1. The first-order chi connectivity index (χ1) is 9.38. The van der Waals surface area contributed by atoms with E-state index in [1.165, 1.54) is 13.2 Å². The summed E-state index contributed by atoms with van der Waals surface area (Å²) in [5.74, 6) is -3.45. The van der Waals surface area contributed by atoms with E-state index in [-0.39, 0.29) is 0 Å². The average molecular weight is 350 g/mol. The maximum Gasteiger partial charge on any atom is 0.287 e. The normalized spacial score (nSPS) is 11.7. The lowest BCUT2D eigenvalue weighted by molar-refractivity contribution is -0.119. The van der Waals surface area contributed by atoms with Crippen molar-refractivity contribution in [2.45, 2.75) is 5.92 Å². The summed E-state index contributed by atoms with van der Waals surface area (Å²) in [6, 6.07) is 5.21. The van der Waals surface area contributed by atoms with Crippen molar-refractivity contribution in [1.82, 2.24) is 5.32 Å². The van der Waals surface area contributed by atoms with E-state index in [0.717, 1.165) is 10.5 Å². The van der Waals surface area contributed by atoms with E-state index in [2.05, 4.69) is 15.9 Å². The van der Waals surface area contributed by atoms with E-state index in [1.807, 2.05) is 5.32 Å². The second-order valence-electron chi connectivity index (χ2n) is 3.95. The maximum atomic E-state index is 12.7. The van der Waals surface area contributed by atoms with Crippen molar-refractivity contribution >= 4 is 27.9 Å². The molecule has 0 aliphatic heterocycles. The van der Waals surface area contributed by atoms with Crippen LogP contribution < -0.4 is 10.1 Å². The Balaban J connectivity index is 2.68. The van der Waals surface area contributed by atoms with Crippen LogP contribution in [0.2, 0.25) is 0 Å². The van der Waals surface area contributed by atoms with Gasteiger partial charge in [0.05, 0.1) is 13.7 Å². The number of methoxy groups -OCH3 is 1. The number of hydrogen-bond acceptors (Lipinski definition) is 3. The summed E-state index contributed by atoms with van der Waals surface area (Å²) in [5.41, 5.74) is 0.631. The Labute approximate surface area is 123 Å². The highest BCUT2D eigenvalue weighted by atomic mass is 79.9. The van der Waals surface area contributed by atoms with E-state index in [0.29, 0.717) is 11.3 Å². The van der Waals surface area contributed by atoms with Gasteiger partial charge >= 0.3 is 0 Å². The molecule has 0 spiro atoms. The van der Waals surface area contributed by atoms with Crippen LogP contribution in [0.4, 0.5) is 8.78 Å². The second-order valence-corrected chi connectivity index (χ2v) is 4.87. The number of carbonyl (C=O) groups excluding carboxylic acids is 1. The molecule has 0 bridgehead atoms. The number of rotatable bonds is 6. The zero-order chi connectivity index (χ0) is 15.2. The number of carbonyl (C=O) groups is 1. The third kappa shape index (κ3) is 5.26. The van der Waals surface area contributed by atoms with Gasteiger partial charge in [0.15, 0.2) is 0 Å². The minimum Gasteiger partial charge on any atom is -0.496 e. The van der Waals surface area contributed by atoms with Gasteiger partial charge in [0, 0.05) is 16.1 Å². The molecule has 0 aliphatic rings. The summed E-state index contributed by atoms with van der Waals surface area (Å²) in [7, 11) is 1.49. The number of amides is 1. The molecule has 0 fully saturated rings. The fourth-order valence-corrected chi connectivity index (χ4v) is 1.71. The molecule has 2 N–H and O–H groups in total. The van der Waals surface area contributed by atoms with Crippen molar-refractivity contribution in [1.29, 1.82) is 0 Å². The van der Waals surface area contributed by atoms with E-state index >= 15 is 0 Å². The first-order valence-corrected chi connectivity index (χ1v) is 6.45. The van der Waals surface area contributed by atoms with Crippen LogP contribution in [-0.2, 0) is 4.79 Å². The molecule has 0 saturated heterocycles. The molecule has 4 nitrogen and oxygen atoms in total. The molecule has 1 aromatic rings. The van der Waals surface area contributed by atoms with E-state index in [9.17, 15) is 13.6 Å². The molecule has 0 unspecified atom stereocenters. The molecule has 0 heterocycles. The van der Waals surface area contributed by atoms with E-state index < -0.39 is 25.0 Å². The third-order valence-electron chi connectivity index (χ3n) is 2.36. The highest BCUT2D eigenvalue weighted by molar-refractivity contribution is 9.10. The maximum absolute atomic E-state index is 12.7. The van der Waals surface area contributed by atoms with Gasteiger partial charge in [-0.05, 0) is 24.3 Å². The van der Waals surface area contributed by atoms with Gasteiger partial charge in [-0.3, -0.25) is 4.79 Å². The molecule has 1 rings (SSSR count). The van der Waals surface area contributed by atoms with Gasteiger partial charge < -0.3 is 15.2 Å². The van der Waals surface area contributed by atoms with Gasteiger partial charge in [-0.15, -0.1) is 0 Å². The lowest BCUT2D eigenvalue weighted by Crippen LogP contribution is -2.38. The minimum absolute atomic E-state index is 0.554. The first-order valence-electron chi connectivity index (χ1n) is 5.66. The number of benzene rings is 1. The summed E-state index contributed by atoms with van der Waals surface area (Å²) in [6.45, 7) is -2.22. The number of aliphatic hydroxyl groups is 1. The number of nitrogens with one attached hydrogen (secondary N) is 1. The Morgan fingerprint density at radius 2 is 2.25 bits per heavy atom. The molecular weight excluding hydrogens is 336 g/mol. The van der Waals surface area contributed by atoms with Crippen molar-refractivity contribution in [3.8, 4) is 5.75 Å². The highest BCUT2D eigenvalue weighted by Crippen LogP contribution is 2.24. The standard InChI is InChI=1S/C13H14BrF2NO3/c1-20-11-4-3-10(14)6-9(11)2-5-12(19)17-7-13(15,16)8-18/h2-6,18H,7-8H2,1H3,(H,17,19)/b5-2+. The van der Waals surface area contributed by atoms with E-state index in [1.54, 1.807) is 18.2 Å². The zero-order valence-corrected chi connectivity index (χ0v) is 12.3. The third-order valence-corrected chi connectivity index (χ3v) is 2.85. The summed E-state index contributed by atoms with van der Waals surface area (Å²) >= 11 is 3.28. The fraction of sp³-hybridized carbons (Fsp3) is 0.308. The van der Waals surface area contributed by atoms with Crippen molar-refractivity contribution < 1.29 is 23.4 Å². The number of hydrogen-bond donors (Lipinski definition) is 2. The van der Waals surface area contributed by atoms with Gasteiger partial charge in [0.25, 0.3) is 5.92 Å². The molecule has 20 heavy (non-hydrogen) atoms. The van der Waals surface area contributed by atoms with Gasteiger partial charge in [-0.2, -0.15) is 0 Å². The Morgan fingerprint density at radius 3 is 2.85 bits per heavy atom. The van der Waals surface area contributed by atoms with Crippen molar-refractivity contribution in [3.63, 3.8) is 0 Å². The summed E-state index contributed by atoms with van der Waals surface area (Å²) in [6.07, 6.45) is 2.58. The molecule has 0 aliphatic carbocycles. The number of alkyl halides is 2. The molecule has 1 amide bonds. The predicted octanol–water partition coefficient (Wildman–Crippen LogP) is 2.21. The summed E-state index contributed by atoms with van der Waals surface area (Å²) in [4.78, 5) is 11.4. The van der Waals surface area contributed by atoms with Crippen LogP contribution in [0.25, 0.3) is 6.08 Å². The van der Waals surface area contributed by atoms with Crippen molar-refractivity contribution in [3.05, 3.63) is 34.3 Å². The molecule has 0 radical (unpaired) electrons. The predicted molar refractivity (Wildman–Crippen MR) is 74.8 cm³/mol. The Kier molecular flexibility index (Phi) is 6.09. The molecule has 0 saturated carbocycles. The molecule has 110 valence electrons. The van der Waals surface area contributed by atoms with Gasteiger partial charge in [-0.25, -0.2) is 8.78 Å². The van der Waals surface area contributed by atoms with Crippen LogP contribution in [0.15, 0.2) is 28.7 Å². The smallest absolute Gasteiger partial charge is 0.287 e. The fourth-order valence-electron chi connectivity index (χ4n) is 1.33. The van der Waals surface area contributed by atoms with Crippen LogP contribution in [0.5, 0.6) is 5.75 Å². The van der Waals surface area contributed by atoms with Crippen LogP contribution in [0.1, 0.15) is 5.56 Å². The van der Waals surface area contributed by atoms with Crippen molar-refractivity contribution in [2.24, 2.45) is 0 Å². The highest BCUT2D eigenvalue weighted by Gasteiger charge is 2.27. The molecule has 1 aromatic carbocycles. The van der Waals surface area contributed by atoms with Gasteiger partial charge in [-0.1, -0.05) is 15.9 Å². The SMILES string of the molecule is COc1ccc(Br)cc1/C=C/C(=O)NCC(F)(F)CO. The Morgan fingerprint density at radius 1 is 1.55 bits per heavy atom. The summed E-state index contributed by atoms with van der Waals surface area (Å²) in [5, 5.41) is 10.4. The van der Waals surface area contributed by atoms with E-state index in [4.69, 9.17) is 9.84 Å². The Bertz CT molecular complexity index is 506. The Hall–Kier alpha value is -1.47. The molecule has 0 aromatic heterocycles. The van der Waals surface area contributed by atoms with Gasteiger partial charge in [0.1, 0.15) is 12.4 Å². The first kappa shape index (κ1) is 16.6. The van der Waals surface area contributed by atoms with Crippen LogP contribution in [-0.4, -0.2) is 37.2 Å². The topological polar surface area (TPSA) is 58.6 Å². The average Bonchev–Trinajstić information content (AvgIpc) is 2.43. The molecular formula is C13H14BrF2NO3. The van der Waals surface area contributed by atoms with Crippen LogP contribution >= 0.6 is 15.9 Å². The molecule has 0 atom stereocenters. The quantitative estimate of drug-likeness (QED) is 0.774. The number of ether oxygens (including phenoxy) is 1. The number of halogens is 3. The summed E-state index contributed by atoms with van der Waals surface area (Å²) < 4.78 is 31.4. The second kappa shape index (κ2) is 7.35. The minimum atomic E-state index is -3.32. The zero-order valence-electron chi connectivity index (χ0n) is 10.7.